The van der Waals surface area contributed by atoms with Crippen LogP contribution in [0.15, 0.2) is 24.3 Å². The molecule has 2 unspecified atom stereocenters. The second kappa shape index (κ2) is 6.99. The molecule has 2 fully saturated rings. The van der Waals surface area contributed by atoms with E-state index in [4.69, 9.17) is 9.47 Å². The zero-order valence-electron chi connectivity index (χ0n) is 16.1. The number of benzene rings is 1. The topological polar surface area (TPSA) is 38.8 Å². The fraction of sp³-hybridized carbons (Fsp3) is 0.667. The summed E-state index contributed by atoms with van der Waals surface area (Å²) in [6.45, 7) is 8.30. The minimum absolute atomic E-state index is 0.0375. The molecule has 0 aliphatic carbocycles. The lowest BCUT2D eigenvalue weighted by atomic mass is 9.87. The van der Waals surface area contributed by atoms with Crippen molar-refractivity contribution in [3.63, 3.8) is 0 Å². The summed E-state index contributed by atoms with van der Waals surface area (Å²) < 4.78 is 11.5. The highest BCUT2D eigenvalue weighted by Crippen LogP contribution is 2.35. The van der Waals surface area contributed by atoms with Gasteiger partial charge in [0.1, 0.15) is 11.9 Å². The summed E-state index contributed by atoms with van der Waals surface area (Å²) in [4.78, 5) is 14.8. The lowest BCUT2D eigenvalue weighted by Gasteiger charge is -2.36. The van der Waals surface area contributed by atoms with Gasteiger partial charge in [-0.3, -0.25) is 0 Å². The highest BCUT2D eigenvalue weighted by atomic mass is 16.6. The van der Waals surface area contributed by atoms with E-state index in [1.54, 1.807) is 6.92 Å². The van der Waals surface area contributed by atoms with Gasteiger partial charge in [0.2, 0.25) is 0 Å². The standard InChI is InChI=1S/C21H31NO3/c1-14(24-18-10-6-15(7-11-18)21(2,3)4)20(23)25-19-12-16-8-9-17(13-19)22(16)5/h6-7,10-11,14,16-17,19H,8-9,12-13H2,1-5H3/t14?,16-,17+,19?. The third-order valence-electron chi connectivity index (χ3n) is 5.70. The van der Waals surface area contributed by atoms with E-state index >= 15 is 0 Å². The lowest BCUT2D eigenvalue weighted by Crippen LogP contribution is -2.44. The smallest absolute Gasteiger partial charge is 0.347 e. The van der Waals surface area contributed by atoms with Crippen molar-refractivity contribution in [3.05, 3.63) is 29.8 Å². The Kier molecular flexibility index (Phi) is 5.10. The van der Waals surface area contributed by atoms with E-state index in [2.05, 4.69) is 44.9 Å². The molecule has 0 spiro atoms. The van der Waals surface area contributed by atoms with Crippen molar-refractivity contribution in [3.8, 4) is 5.75 Å². The molecule has 4 nitrogen and oxygen atoms in total. The van der Waals surface area contributed by atoms with Crippen LogP contribution in [0.1, 0.15) is 58.9 Å². The largest absolute Gasteiger partial charge is 0.479 e. The Hall–Kier alpha value is -1.55. The highest BCUT2D eigenvalue weighted by Gasteiger charge is 2.40. The molecule has 0 N–H and O–H groups in total. The van der Waals surface area contributed by atoms with Gasteiger partial charge in [0, 0.05) is 12.1 Å². The van der Waals surface area contributed by atoms with Gasteiger partial charge in [0.05, 0.1) is 0 Å². The Bertz CT molecular complexity index is 591. The van der Waals surface area contributed by atoms with Gasteiger partial charge >= 0.3 is 5.97 Å². The molecular weight excluding hydrogens is 314 g/mol. The fourth-order valence-corrected chi connectivity index (χ4v) is 4.00. The summed E-state index contributed by atoms with van der Waals surface area (Å²) in [5.41, 5.74) is 1.35. The Morgan fingerprint density at radius 2 is 1.68 bits per heavy atom. The molecule has 0 amide bonds. The first kappa shape index (κ1) is 18.2. The van der Waals surface area contributed by atoms with Crippen LogP contribution in [0, 0.1) is 0 Å². The van der Waals surface area contributed by atoms with Crippen molar-refractivity contribution >= 4 is 5.97 Å². The zero-order valence-corrected chi connectivity index (χ0v) is 16.1. The second-order valence-electron chi connectivity index (χ2n) is 8.62. The van der Waals surface area contributed by atoms with E-state index in [0.29, 0.717) is 17.8 Å². The van der Waals surface area contributed by atoms with Gasteiger partial charge < -0.3 is 14.4 Å². The second-order valence-corrected chi connectivity index (χ2v) is 8.62. The summed E-state index contributed by atoms with van der Waals surface area (Å²) in [6, 6.07) is 9.11. The number of ether oxygens (including phenoxy) is 2. The van der Waals surface area contributed by atoms with E-state index in [-0.39, 0.29) is 17.5 Å². The minimum Gasteiger partial charge on any atom is -0.479 e. The number of hydrogen-bond donors (Lipinski definition) is 0. The molecule has 4 atom stereocenters. The molecule has 25 heavy (non-hydrogen) atoms. The predicted molar refractivity (Wildman–Crippen MR) is 98.9 cm³/mol. The highest BCUT2D eigenvalue weighted by molar-refractivity contribution is 5.74. The zero-order chi connectivity index (χ0) is 18.2. The van der Waals surface area contributed by atoms with Gasteiger partial charge in [-0.15, -0.1) is 0 Å². The molecule has 4 heteroatoms. The van der Waals surface area contributed by atoms with Crippen LogP contribution in [0.2, 0.25) is 0 Å². The number of carbonyl (C=O) groups excluding carboxylic acids is 1. The molecule has 0 saturated carbocycles. The summed E-state index contributed by atoms with van der Waals surface area (Å²) in [6.07, 6.45) is 3.80. The number of hydrogen-bond acceptors (Lipinski definition) is 4. The van der Waals surface area contributed by atoms with Crippen molar-refractivity contribution in [1.82, 2.24) is 4.90 Å². The van der Waals surface area contributed by atoms with Crippen molar-refractivity contribution in [2.24, 2.45) is 0 Å². The van der Waals surface area contributed by atoms with Crippen LogP contribution in [0.5, 0.6) is 5.75 Å². The molecule has 1 aromatic rings. The predicted octanol–water partition coefficient (Wildman–Crippen LogP) is 3.92. The molecule has 0 radical (unpaired) electrons. The number of fused-ring (bicyclic) bond motifs is 2. The summed E-state index contributed by atoms with van der Waals surface area (Å²) >= 11 is 0. The fourth-order valence-electron chi connectivity index (χ4n) is 4.00. The number of esters is 1. The maximum Gasteiger partial charge on any atom is 0.347 e. The number of nitrogens with zero attached hydrogens (tertiary/aromatic N) is 1. The van der Waals surface area contributed by atoms with E-state index in [1.165, 1.54) is 18.4 Å². The summed E-state index contributed by atoms with van der Waals surface area (Å²) in [5, 5.41) is 0. The Morgan fingerprint density at radius 3 is 2.20 bits per heavy atom. The maximum absolute atomic E-state index is 12.4. The first-order valence-corrected chi connectivity index (χ1v) is 9.43. The van der Waals surface area contributed by atoms with E-state index < -0.39 is 6.10 Å². The molecule has 2 aliphatic rings. The van der Waals surface area contributed by atoms with Gasteiger partial charge in [-0.25, -0.2) is 4.79 Å². The molecule has 2 saturated heterocycles. The monoisotopic (exact) mass is 345 g/mol. The maximum atomic E-state index is 12.4. The minimum atomic E-state index is -0.585. The lowest BCUT2D eigenvalue weighted by molar-refractivity contribution is -0.159. The Labute approximate surface area is 151 Å². The van der Waals surface area contributed by atoms with Crippen molar-refractivity contribution in [1.29, 1.82) is 0 Å². The van der Waals surface area contributed by atoms with E-state index in [0.717, 1.165) is 12.8 Å². The molecule has 138 valence electrons. The van der Waals surface area contributed by atoms with Gasteiger partial charge in [-0.1, -0.05) is 32.9 Å². The van der Waals surface area contributed by atoms with Gasteiger partial charge in [-0.05, 0) is 62.8 Å². The normalized spacial score (nSPS) is 27.8. The van der Waals surface area contributed by atoms with Crippen molar-refractivity contribution < 1.29 is 14.3 Å². The molecule has 0 aromatic heterocycles. The van der Waals surface area contributed by atoms with Gasteiger partial charge in [0.15, 0.2) is 6.10 Å². The Morgan fingerprint density at radius 1 is 1.12 bits per heavy atom. The average molecular weight is 345 g/mol. The van der Waals surface area contributed by atoms with Crippen LogP contribution in [-0.4, -0.2) is 42.2 Å². The molecule has 2 heterocycles. The van der Waals surface area contributed by atoms with Crippen molar-refractivity contribution in [2.45, 2.75) is 83.1 Å². The average Bonchev–Trinajstić information content (AvgIpc) is 2.76. The molecule has 2 aliphatic heterocycles. The van der Waals surface area contributed by atoms with Crippen molar-refractivity contribution in [2.75, 3.05) is 7.05 Å². The molecule has 2 bridgehead atoms. The van der Waals surface area contributed by atoms with Gasteiger partial charge in [0.25, 0.3) is 0 Å². The summed E-state index contributed by atoms with van der Waals surface area (Å²) in [7, 11) is 2.19. The van der Waals surface area contributed by atoms with Crippen LogP contribution >= 0.6 is 0 Å². The van der Waals surface area contributed by atoms with Crippen LogP contribution in [0.25, 0.3) is 0 Å². The Balaban J connectivity index is 1.53. The quantitative estimate of drug-likeness (QED) is 0.775. The number of rotatable bonds is 4. The van der Waals surface area contributed by atoms with Crippen LogP contribution in [0.4, 0.5) is 0 Å². The van der Waals surface area contributed by atoms with Crippen LogP contribution in [0.3, 0.4) is 0 Å². The molecule has 3 rings (SSSR count). The third kappa shape index (κ3) is 4.17. The van der Waals surface area contributed by atoms with E-state index in [1.807, 2.05) is 12.1 Å². The van der Waals surface area contributed by atoms with E-state index in [9.17, 15) is 4.79 Å². The first-order valence-electron chi connectivity index (χ1n) is 9.43. The van der Waals surface area contributed by atoms with Gasteiger partial charge in [-0.2, -0.15) is 0 Å². The van der Waals surface area contributed by atoms with Crippen LogP contribution < -0.4 is 4.74 Å². The number of carbonyl (C=O) groups is 1. The summed E-state index contributed by atoms with van der Waals surface area (Å²) in [5.74, 6) is 0.453. The first-order chi connectivity index (χ1) is 11.7. The third-order valence-corrected chi connectivity index (χ3v) is 5.70. The molecular formula is C21H31NO3. The number of piperidine rings is 1. The van der Waals surface area contributed by atoms with Crippen LogP contribution in [-0.2, 0) is 14.9 Å². The molecule has 1 aromatic carbocycles. The SMILES string of the molecule is CC(Oc1ccc(C(C)(C)C)cc1)C(=O)OC1C[C@H]2CC[C@@H](C1)N2C.